The summed E-state index contributed by atoms with van der Waals surface area (Å²) < 4.78 is 16.9. The van der Waals surface area contributed by atoms with Gasteiger partial charge in [0.25, 0.3) is 0 Å². The molecule has 0 radical (unpaired) electrons. The first-order chi connectivity index (χ1) is 39.5. The van der Waals surface area contributed by atoms with E-state index >= 15 is 0 Å². The Morgan fingerprint density at radius 1 is 0.263 bits per heavy atom. The lowest BCUT2D eigenvalue weighted by Gasteiger charge is -2.18. The molecular formula is C74H132O6. The summed E-state index contributed by atoms with van der Waals surface area (Å²) in [5.74, 6) is -0.975. The summed E-state index contributed by atoms with van der Waals surface area (Å²) in [6.45, 7) is 6.48. The number of unbranched alkanes of at least 4 members (excludes halogenated alkanes) is 41. The molecule has 6 nitrogen and oxygen atoms in total. The van der Waals surface area contributed by atoms with Crippen molar-refractivity contribution in [3.8, 4) is 0 Å². The lowest BCUT2D eigenvalue weighted by atomic mass is 10.0. The fourth-order valence-electron chi connectivity index (χ4n) is 10.3. The van der Waals surface area contributed by atoms with E-state index in [0.29, 0.717) is 19.3 Å². The third kappa shape index (κ3) is 65.7. The summed E-state index contributed by atoms with van der Waals surface area (Å²) in [5.41, 5.74) is 0. The lowest BCUT2D eigenvalue weighted by Crippen LogP contribution is -2.30. The Hall–Kier alpha value is -3.15. The first kappa shape index (κ1) is 76.9. The van der Waals surface area contributed by atoms with Gasteiger partial charge in [-0.15, -0.1) is 0 Å². The molecule has 6 heteroatoms. The average molecular weight is 1120 g/mol. The number of carbonyl (C=O) groups is 3. The Labute approximate surface area is 497 Å². The molecule has 0 aliphatic heterocycles. The zero-order chi connectivity index (χ0) is 57.8. The van der Waals surface area contributed by atoms with Crippen molar-refractivity contribution in [2.75, 3.05) is 13.2 Å². The van der Waals surface area contributed by atoms with Gasteiger partial charge in [-0.2, -0.15) is 0 Å². The predicted octanol–water partition coefficient (Wildman–Crippen LogP) is 24.1. The molecule has 1 unspecified atom stereocenters. The summed E-state index contributed by atoms with van der Waals surface area (Å²) in [7, 11) is 0. The lowest BCUT2D eigenvalue weighted by molar-refractivity contribution is -0.166. The van der Waals surface area contributed by atoms with Crippen LogP contribution in [-0.4, -0.2) is 37.2 Å². The Bertz CT molecular complexity index is 1470. The molecule has 0 spiro atoms. The van der Waals surface area contributed by atoms with Gasteiger partial charge < -0.3 is 14.2 Å². The molecule has 0 bridgehead atoms. The molecule has 0 amide bonds. The molecule has 0 rings (SSSR count). The highest BCUT2D eigenvalue weighted by Gasteiger charge is 2.19. The van der Waals surface area contributed by atoms with Gasteiger partial charge >= 0.3 is 17.9 Å². The largest absolute Gasteiger partial charge is 0.462 e. The number of ether oxygens (including phenoxy) is 3. The highest BCUT2D eigenvalue weighted by molar-refractivity contribution is 5.71. The SMILES string of the molecule is CC/C=C\C/C=C\C/C=C\C/C=C\CCC(=O)OCC(COC(=O)CCCCCCCCCCCCCCCCCCCCCCCCCCCCCCCCCC)OC(=O)CCCCCCCCC/C=C\C/C=C\CCCCC. The Morgan fingerprint density at radius 3 is 0.863 bits per heavy atom. The fraction of sp³-hybridized carbons (Fsp3) is 0.797. The van der Waals surface area contributed by atoms with Crippen LogP contribution in [0.3, 0.4) is 0 Å². The van der Waals surface area contributed by atoms with E-state index in [-0.39, 0.29) is 37.5 Å². The third-order valence-electron chi connectivity index (χ3n) is 15.5. The van der Waals surface area contributed by atoms with Gasteiger partial charge in [-0.1, -0.05) is 338 Å². The molecule has 0 aromatic heterocycles. The zero-order valence-electron chi connectivity index (χ0n) is 53.3. The van der Waals surface area contributed by atoms with Crippen LogP contribution in [0.2, 0.25) is 0 Å². The van der Waals surface area contributed by atoms with Crippen LogP contribution < -0.4 is 0 Å². The van der Waals surface area contributed by atoms with Gasteiger partial charge in [0, 0.05) is 19.3 Å². The van der Waals surface area contributed by atoms with Crippen LogP contribution in [0, 0.1) is 0 Å². The second-order valence-electron chi connectivity index (χ2n) is 23.4. The molecule has 0 aromatic carbocycles. The number of hydrogen-bond acceptors (Lipinski definition) is 6. The van der Waals surface area contributed by atoms with Gasteiger partial charge in [-0.25, -0.2) is 0 Å². The Kier molecular flexibility index (Phi) is 65.7. The molecule has 0 aromatic rings. The summed E-state index contributed by atoms with van der Waals surface area (Å²) in [6, 6.07) is 0. The van der Waals surface area contributed by atoms with E-state index in [0.717, 1.165) is 77.0 Å². The maximum absolute atomic E-state index is 12.9. The van der Waals surface area contributed by atoms with Gasteiger partial charge in [0.15, 0.2) is 6.10 Å². The van der Waals surface area contributed by atoms with E-state index in [1.54, 1.807) is 0 Å². The van der Waals surface area contributed by atoms with Crippen LogP contribution in [0.1, 0.15) is 361 Å². The maximum Gasteiger partial charge on any atom is 0.306 e. The van der Waals surface area contributed by atoms with E-state index < -0.39 is 6.10 Å². The number of carbonyl (C=O) groups excluding carboxylic acids is 3. The minimum atomic E-state index is -0.808. The van der Waals surface area contributed by atoms with E-state index in [9.17, 15) is 14.4 Å². The van der Waals surface area contributed by atoms with Crippen molar-refractivity contribution in [1.82, 2.24) is 0 Å². The van der Waals surface area contributed by atoms with E-state index in [2.05, 4.69) is 87.6 Å². The molecule has 0 saturated carbocycles. The fourth-order valence-corrected chi connectivity index (χ4v) is 10.3. The normalized spacial score (nSPS) is 12.5. The van der Waals surface area contributed by atoms with Crippen LogP contribution in [0.15, 0.2) is 72.9 Å². The zero-order valence-corrected chi connectivity index (χ0v) is 53.3. The van der Waals surface area contributed by atoms with Crippen LogP contribution in [0.4, 0.5) is 0 Å². The van der Waals surface area contributed by atoms with E-state index in [1.165, 1.54) is 238 Å². The average Bonchev–Trinajstić information content (AvgIpc) is 3.46. The molecule has 0 N–H and O–H groups in total. The minimum absolute atomic E-state index is 0.0979. The number of esters is 3. The van der Waals surface area contributed by atoms with Gasteiger partial charge in [0.05, 0.1) is 0 Å². The monoisotopic (exact) mass is 1120 g/mol. The third-order valence-corrected chi connectivity index (χ3v) is 15.5. The number of allylic oxidation sites excluding steroid dienone is 12. The summed E-state index contributed by atoms with van der Waals surface area (Å²) in [4.78, 5) is 38.3. The first-order valence-corrected chi connectivity index (χ1v) is 34.9. The second-order valence-corrected chi connectivity index (χ2v) is 23.4. The van der Waals surface area contributed by atoms with Crippen LogP contribution >= 0.6 is 0 Å². The molecule has 464 valence electrons. The minimum Gasteiger partial charge on any atom is -0.462 e. The standard InChI is InChI=1S/C74H132O6/c1-4-7-10-13-16-19-22-25-27-29-30-31-32-33-34-35-36-37-38-39-40-41-42-43-45-46-49-52-55-58-61-64-67-73(76)79-70-71(69-78-72(75)66-63-60-57-54-51-48-24-21-18-15-12-9-6-3)80-74(77)68-65-62-59-56-53-50-47-44-28-26-23-20-17-14-11-8-5-2/h9,12,17-18,20-21,26,28,48,51,57,60,71H,4-8,10-11,13-16,19,22-25,27,29-47,49-50,52-56,58-59,61-70H2,1-3H3/b12-9-,20-17-,21-18-,28-26-,51-48-,60-57-. The van der Waals surface area contributed by atoms with Crippen LogP contribution in [0.25, 0.3) is 0 Å². The molecule has 0 aliphatic rings. The second kappa shape index (κ2) is 68.3. The van der Waals surface area contributed by atoms with Crippen molar-refractivity contribution in [3.63, 3.8) is 0 Å². The maximum atomic E-state index is 12.9. The van der Waals surface area contributed by atoms with Crippen molar-refractivity contribution < 1.29 is 28.6 Å². The Balaban J connectivity index is 4.16. The highest BCUT2D eigenvalue weighted by Crippen LogP contribution is 2.18. The van der Waals surface area contributed by atoms with Crippen molar-refractivity contribution in [3.05, 3.63) is 72.9 Å². The van der Waals surface area contributed by atoms with Gasteiger partial charge in [0.1, 0.15) is 13.2 Å². The molecular weight excluding hydrogens is 985 g/mol. The predicted molar refractivity (Wildman–Crippen MR) is 348 cm³/mol. The Morgan fingerprint density at radius 2 is 0.512 bits per heavy atom. The molecule has 80 heavy (non-hydrogen) atoms. The molecule has 0 heterocycles. The van der Waals surface area contributed by atoms with Gasteiger partial charge in [-0.3, -0.25) is 14.4 Å². The van der Waals surface area contributed by atoms with Crippen molar-refractivity contribution in [2.24, 2.45) is 0 Å². The molecule has 0 saturated heterocycles. The van der Waals surface area contributed by atoms with E-state index in [4.69, 9.17) is 14.2 Å². The van der Waals surface area contributed by atoms with Crippen molar-refractivity contribution >= 4 is 17.9 Å². The highest BCUT2D eigenvalue weighted by atomic mass is 16.6. The molecule has 0 fully saturated rings. The van der Waals surface area contributed by atoms with Crippen molar-refractivity contribution in [2.45, 2.75) is 367 Å². The quantitative estimate of drug-likeness (QED) is 0.0261. The summed E-state index contributed by atoms with van der Waals surface area (Å²) >= 11 is 0. The number of rotatable bonds is 64. The molecule has 1 atom stereocenters. The van der Waals surface area contributed by atoms with Crippen molar-refractivity contribution in [1.29, 1.82) is 0 Å². The molecule has 0 aliphatic carbocycles. The van der Waals surface area contributed by atoms with E-state index in [1.807, 2.05) is 6.08 Å². The number of hydrogen-bond donors (Lipinski definition) is 0. The summed E-state index contributed by atoms with van der Waals surface area (Å²) in [6.07, 6.45) is 89.7. The smallest absolute Gasteiger partial charge is 0.306 e. The van der Waals surface area contributed by atoms with Crippen LogP contribution in [0.5, 0.6) is 0 Å². The topological polar surface area (TPSA) is 78.9 Å². The van der Waals surface area contributed by atoms with Crippen LogP contribution in [-0.2, 0) is 28.6 Å². The van der Waals surface area contributed by atoms with Gasteiger partial charge in [-0.05, 0) is 77.0 Å². The first-order valence-electron chi connectivity index (χ1n) is 34.9. The summed E-state index contributed by atoms with van der Waals surface area (Å²) in [5, 5.41) is 0. The van der Waals surface area contributed by atoms with Gasteiger partial charge in [0.2, 0.25) is 0 Å².